The number of halogens is 2. The Morgan fingerprint density at radius 2 is 2.11 bits per heavy atom. The fraction of sp³-hybridized carbons (Fsp3) is 0. The number of hydrogen-bond donors (Lipinski definition) is 0. The van der Waals surface area contributed by atoms with Gasteiger partial charge in [-0.25, -0.2) is 0 Å². The maximum Gasteiger partial charge on any atom is 0.193 e. The molecule has 0 N–H and O–H groups in total. The summed E-state index contributed by atoms with van der Waals surface area (Å²) in [4.78, 5) is 13.0. The second kappa shape index (κ2) is 4.53. The molecule has 0 amide bonds. The molecular weight excluding hydrogens is 336 g/mol. The molecule has 2 nitrogen and oxygen atoms in total. The standard InChI is InChI=1S/C13H6BrClO2S/c14-9-5-7(15)4-8-10(16)6-11(17-13(8)9)12-2-1-3-18-12/h1-6H. The maximum atomic E-state index is 12.1. The molecule has 3 aromatic rings. The van der Waals surface area contributed by atoms with E-state index in [1.54, 1.807) is 12.1 Å². The Kier molecular flexibility index (Phi) is 3.01. The highest BCUT2D eigenvalue weighted by Gasteiger charge is 2.11. The third-order valence-electron chi connectivity index (χ3n) is 2.51. The second-order valence-corrected chi connectivity index (χ2v) is 5.95. The van der Waals surface area contributed by atoms with Crippen LogP contribution in [0.5, 0.6) is 0 Å². The van der Waals surface area contributed by atoms with E-state index in [1.165, 1.54) is 17.4 Å². The third-order valence-corrected chi connectivity index (χ3v) is 4.20. The second-order valence-electron chi connectivity index (χ2n) is 3.72. The van der Waals surface area contributed by atoms with Gasteiger partial charge in [0, 0.05) is 11.1 Å². The molecule has 18 heavy (non-hydrogen) atoms. The van der Waals surface area contributed by atoms with Crippen molar-refractivity contribution in [2.45, 2.75) is 0 Å². The van der Waals surface area contributed by atoms with Crippen LogP contribution in [0.15, 0.2) is 49.4 Å². The van der Waals surface area contributed by atoms with Gasteiger partial charge in [0.15, 0.2) is 11.0 Å². The molecule has 0 bridgehead atoms. The lowest BCUT2D eigenvalue weighted by molar-refractivity contribution is 0.618. The Balaban J connectivity index is 2.38. The van der Waals surface area contributed by atoms with Crippen LogP contribution in [0.25, 0.3) is 21.6 Å². The Bertz CT molecular complexity index is 778. The van der Waals surface area contributed by atoms with E-state index >= 15 is 0 Å². The van der Waals surface area contributed by atoms with Gasteiger partial charge in [-0.05, 0) is 39.5 Å². The van der Waals surface area contributed by atoms with Gasteiger partial charge in [0.05, 0.1) is 14.7 Å². The summed E-state index contributed by atoms with van der Waals surface area (Å²) in [6.45, 7) is 0. The van der Waals surface area contributed by atoms with Crippen LogP contribution in [0.1, 0.15) is 0 Å². The average Bonchev–Trinajstić information content (AvgIpc) is 2.83. The third kappa shape index (κ3) is 2.00. The van der Waals surface area contributed by atoms with E-state index in [2.05, 4.69) is 15.9 Å². The Hall–Kier alpha value is -1.10. The van der Waals surface area contributed by atoms with Gasteiger partial charge in [0.1, 0.15) is 5.76 Å². The SMILES string of the molecule is O=c1cc(-c2cccs2)oc2c(Br)cc(Cl)cc12. The number of benzene rings is 1. The molecule has 2 heterocycles. The highest BCUT2D eigenvalue weighted by molar-refractivity contribution is 9.10. The molecule has 0 spiro atoms. The summed E-state index contributed by atoms with van der Waals surface area (Å²) in [5.74, 6) is 0.575. The summed E-state index contributed by atoms with van der Waals surface area (Å²) in [7, 11) is 0. The smallest absolute Gasteiger partial charge is 0.193 e. The van der Waals surface area contributed by atoms with Gasteiger partial charge >= 0.3 is 0 Å². The predicted octanol–water partition coefficient (Wildman–Crippen LogP) is 4.94. The van der Waals surface area contributed by atoms with Crippen LogP contribution in [0.4, 0.5) is 0 Å². The molecule has 0 fully saturated rings. The fourth-order valence-electron chi connectivity index (χ4n) is 1.72. The van der Waals surface area contributed by atoms with Crippen molar-refractivity contribution in [3.05, 3.63) is 55.4 Å². The molecule has 0 aliphatic carbocycles. The minimum absolute atomic E-state index is 0.0946. The van der Waals surface area contributed by atoms with Crippen molar-refractivity contribution in [1.29, 1.82) is 0 Å². The number of thiophene rings is 1. The molecule has 5 heteroatoms. The van der Waals surface area contributed by atoms with Crippen LogP contribution in [0.3, 0.4) is 0 Å². The van der Waals surface area contributed by atoms with E-state index in [1.807, 2.05) is 17.5 Å². The quantitative estimate of drug-likeness (QED) is 0.627. The van der Waals surface area contributed by atoms with Crippen LogP contribution in [-0.4, -0.2) is 0 Å². The van der Waals surface area contributed by atoms with Gasteiger partial charge in [-0.2, -0.15) is 0 Å². The number of hydrogen-bond acceptors (Lipinski definition) is 3. The van der Waals surface area contributed by atoms with E-state index in [0.29, 0.717) is 26.2 Å². The van der Waals surface area contributed by atoms with Gasteiger partial charge in [0.25, 0.3) is 0 Å². The fourth-order valence-corrected chi connectivity index (χ4v) is 3.29. The Morgan fingerprint density at radius 3 is 2.83 bits per heavy atom. The topological polar surface area (TPSA) is 30.2 Å². The van der Waals surface area contributed by atoms with Crippen molar-refractivity contribution in [2.75, 3.05) is 0 Å². The summed E-state index contributed by atoms with van der Waals surface area (Å²) < 4.78 is 6.46. The summed E-state index contributed by atoms with van der Waals surface area (Å²) in [5.41, 5.74) is 0.429. The molecule has 0 aliphatic rings. The summed E-state index contributed by atoms with van der Waals surface area (Å²) in [6, 6.07) is 8.66. The first-order chi connectivity index (χ1) is 8.65. The van der Waals surface area contributed by atoms with Gasteiger partial charge in [0.2, 0.25) is 0 Å². The molecule has 1 aromatic carbocycles. The van der Waals surface area contributed by atoms with Crippen molar-refractivity contribution in [2.24, 2.45) is 0 Å². The van der Waals surface area contributed by atoms with Gasteiger partial charge < -0.3 is 4.42 Å². The first-order valence-electron chi connectivity index (χ1n) is 5.12. The van der Waals surface area contributed by atoms with Crippen molar-refractivity contribution in [3.63, 3.8) is 0 Å². The molecule has 0 atom stereocenters. The molecule has 0 radical (unpaired) electrons. The summed E-state index contributed by atoms with van der Waals surface area (Å²) >= 11 is 10.8. The largest absolute Gasteiger partial charge is 0.454 e. The lowest BCUT2D eigenvalue weighted by atomic mass is 10.2. The zero-order valence-corrected chi connectivity index (χ0v) is 12.1. The highest BCUT2D eigenvalue weighted by Crippen LogP contribution is 2.31. The van der Waals surface area contributed by atoms with E-state index in [0.717, 1.165) is 4.88 Å². The summed E-state index contributed by atoms with van der Waals surface area (Å²) in [5, 5.41) is 2.93. The molecule has 0 saturated heterocycles. The molecule has 0 unspecified atom stereocenters. The Morgan fingerprint density at radius 1 is 1.28 bits per heavy atom. The minimum Gasteiger partial charge on any atom is -0.454 e. The van der Waals surface area contributed by atoms with Gasteiger partial charge in [-0.1, -0.05) is 17.7 Å². The molecule has 90 valence electrons. The molecular formula is C13H6BrClO2S. The van der Waals surface area contributed by atoms with Crippen LogP contribution >= 0.6 is 38.9 Å². The average molecular weight is 342 g/mol. The van der Waals surface area contributed by atoms with Crippen LogP contribution in [0, 0.1) is 0 Å². The molecule has 3 rings (SSSR count). The van der Waals surface area contributed by atoms with Crippen molar-refractivity contribution >= 4 is 49.8 Å². The predicted molar refractivity (Wildman–Crippen MR) is 78.5 cm³/mol. The zero-order chi connectivity index (χ0) is 12.7. The normalized spacial score (nSPS) is 11.0. The van der Waals surface area contributed by atoms with Crippen LogP contribution in [0.2, 0.25) is 5.02 Å². The monoisotopic (exact) mass is 340 g/mol. The first kappa shape index (κ1) is 12.0. The maximum absolute atomic E-state index is 12.1. The molecule has 2 aromatic heterocycles. The number of fused-ring (bicyclic) bond motifs is 1. The van der Waals surface area contributed by atoms with E-state index in [4.69, 9.17) is 16.0 Å². The Labute approximate surface area is 120 Å². The molecule has 0 saturated carbocycles. The van der Waals surface area contributed by atoms with Crippen LogP contribution in [-0.2, 0) is 0 Å². The van der Waals surface area contributed by atoms with E-state index in [9.17, 15) is 4.79 Å². The van der Waals surface area contributed by atoms with Crippen molar-refractivity contribution in [1.82, 2.24) is 0 Å². The highest BCUT2D eigenvalue weighted by atomic mass is 79.9. The zero-order valence-electron chi connectivity index (χ0n) is 8.94. The summed E-state index contributed by atoms with van der Waals surface area (Å²) in [6.07, 6.45) is 0. The van der Waals surface area contributed by atoms with Crippen molar-refractivity contribution in [3.8, 4) is 10.6 Å². The van der Waals surface area contributed by atoms with Crippen molar-refractivity contribution < 1.29 is 4.42 Å². The molecule has 0 aliphatic heterocycles. The first-order valence-corrected chi connectivity index (χ1v) is 7.17. The lowest BCUT2D eigenvalue weighted by Crippen LogP contribution is -2.00. The minimum atomic E-state index is -0.0946. The van der Waals surface area contributed by atoms with E-state index in [-0.39, 0.29) is 5.43 Å². The van der Waals surface area contributed by atoms with E-state index < -0.39 is 0 Å². The van der Waals surface area contributed by atoms with Crippen LogP contribution < -0.4 is 5.43 Å². The number of rotatable bonds is 1. The van der Waals surface area contributed by atoms with Gasteiger partial charge in [-0.3, -0.25) is 4.79 Å². The van der Waals surface area contributed by atoms with Gasteiger partial charge in [-0.15, -0.1) is 11.3 Å². The lowest BCUT2D eigenvalue weighted by Gasteiger charge is -2.03.